The van der Waals surface area contributed by atoms with Crippen LogP contribution in [0.3, 0.4) is 0 Å². The molecule has 4 nitrogen and oxygen atoms in total. The van der Waals surface area contributed by atoms with Gasteiger partial charge in [0.2, 0.25) is 0 Å². The van der Waals surface area contributed by atoms with Gasteiger partial charge in [-0.25, -0.2) is 0 Å². The first kappa shape index (κ1) is 13.6. The molecule has 4 heteroatoms. The lowest BCUT2D eigenvalue weighted by molar-refractivity contribution is 0.0624. The summed E-state index contributed by atoms with van der Waals surface area (Å²) in [4.78, 5) is 0. The Morgan fingerprint density at radius 3 is 2.44 bits per heavy atom. The van der Waals surface area contributed by atoms with E-state index in [1.54, 1.807) is 0 Å². The monoisotopic (exact) mass is 251 g/mol. The van der Waals surface area contributed by atoms with Crippen LogP contribution in [0.1, 0.15) is 42.6 Å². The minimum Gasteiger partial charge on any atom is -0.381 e. The third-order valence-electron chi connectivity index (χ3n) is 4.23. The maximum atomic E-state index is 5.40. The van der Waals surface area contributed by atoms with Crippen LogP contribution in [0.15, 0.2) is 0 Å². The topological polar surface area (TPSA) is 39.1 Å². The maximum Gasteiger partial charge on any atom is 0.0641 e. The summed E-state index contributed by atoms with van der Waals surface area (Å²) in [6.45, 7) is 5.17. The minimum atomic E-state index is 0.477. The third-order valence-corrected chi connectivity index (χ3v) is 4.23. The molecule has 1 N–H and O–H groups in total. The molecule has 0 aromatic carbocycles. The van der Waals surface area contributed by atoms with Crippen molar-refractivity contribution in [3.63, 3.8) is 0 Å². The molecule has 1 aromatic rings. The summed E-state index contributed by atoms with van der Waals surface area (Å²) >= 11 is 0. The molecule has 0 unspecified atom stereocenters. The molecule has 102 valence electrons. The first-order valence-corrected chi connectivity index (χ1v) is 6.87. The fraction of sp³-hybridized carbons (Fsp3) is 0.786. The van der Waals surface area contributed by atoms with Gasteiger partial charge in [0.05, 0.1) is 11.8 Å². The molecule has 0 aliphatic heterocycles. The first-order chi connectivity index (χ1) is 8.61. The van der Waals surface area contributed by atoms with Gasteiger partial charge in [0.15, 0.2) is 0 Å². The molecule has 1 aliphatic rings. The van der Waals surface area contributed by atoms with E-state index in [0.29, 0.717) is 12.1 Å². The molecule has 0 bridgehead atoms. The Hall–Kier alpha value is -0.870. The maximum absolute atomic E-state index is 5.40. The molecule has 0 atom stereocenters. The van der Waals surface area contributed by atoms with Crippen LogP contribution in [-0.2, 0) is 18.3 Å². The number of ether oxygens (including phenoxy) is 1. The molecule has 2 rings (SSSR count). The highest BCUT2D eigenvalue weighted by atomic mass is 16.5. The van der Waals surface area contributed by atoms with Crippen LogP contribution in [0.5, 0.6) is 0 Å². The molecule has 0 radical (unpaired) electrons. The van der Waals surface area contributed by atoms with Crippen LogP contribution in [0.2, 0.25) is 0 Å². The van der Waals surface area contributed by atoms with Gasteiger partial charge < -0.3 is 10.1 Å². The van der Waals surface area contributed by atoms with Crippen LogP contribution in [-0.4, -0.2) is 29.0 Å². The smallest absolute Gasteiger partial charge is 0.0641 e. The lowest BCUT2D eigenvalue weighted by Gasteiger charge is -2.28. The van der Waals surface area contributed by atoms with Crippen LogP contribution >= 0.6 is 0 Å². The Labute approximate surface area is 110 Å². The Bertz CT molecular complexity index is 392. The highest BCUT2D eigenvalue weighted by Crippen LogP contribution is 2.21. The van der Waals surface area contributed by atoms with E-state index in [4.69, 9.17) is 4.74 Å². The number of nitrogens with one attached hydrogen (secondary N) is 1. The van der Waals surface area contributed by atoms with Crippen molar-refractivity contribution in [3.8, 4) is 0 Å². The van der Waals surface area contributed by atoms with Gasteiger partial charge in [0.1, 0.15) is 0 Å². The number of methoxy groups -OCH3 is 1. The molecule has 1 fully saturated rings. The lowest BCUT2D eigenvalue weighted by atomic mass is 9.93. The highest BCUT2D eigenvalue weighted by Gasteiger charge is 2.21. The normalized spacial score (nSPS) is 24.4. The van der Waals surface area contributed by atoms with Gasteiger partial charge in [-0.2, -0.15) is 5.10 Å². The Balaban J connectivity index is 1.85. The second-order valence-electron chi connectivity index (χ2n) is 5.36. The summed E-state index contributed by atoms with van der Waals surface area (Å²) in [7, 11) is 3.83. The fourth-order valence-corrected chi connectivity index (χ4v) is 2.82. The molecule has 1 heterocycles. The zero-order chi connectivity index (χ0) is 13.1. The molecule has 18 heavy (non-hydrogen) atoms. The molecule has 1 aliphatic carbocycles. The van der Waals surface area contributed by atoms with E-state index in [2.05, 4.69) is 24.3 Å². The van der Waals surface area contributed by atoms with E-state index >= 15 is 0 Å². The van der Waals surface area contributed by atoms with Gasteiger partial charge >= 0.3 is 0 Å². The van der Waals surface area contributed by atoms with E-state index in [0.717, 1.165) is 12.2 Å². The standard InChI is InChI=1S/C14H25N3O/c1-10-14(11(2)17(3)16-10)9-15-12-5-7-13(18-4)8-6-12/h12-13,15H,5-9H2,1-4H3. The van der Waals surface area contributed by atoms with Crippen molar-refractivity contribution in [3.05, 3.63) is 17.0 Å². The van der Waals surface area contributed by atoms with Crippen molar-refractivity contribution < 1.29 is 4.74 Å². The second kappa shape index (κ2) is 5.85. The van der Waals surface area contributed by atoms with Crippen molar-refractivity contribution >= 4 is 0 Å². The number of hydrogen-bond donors (Lipinski definition) is 1. The zero-order valence-electron chi connectivity index (χ0n) is 12.0. The first-order valence-electron chi connectivity index (χ1n) is 6.87. The van der Waals surface area contributed by atoms with Gasteiger partial charge in [-0.05, 0) is 39.5 Å². The molecule has 1 aromatic heterocycles. The van der Waals surface area contributed by atoms with Gasteiger partial charge in [-0.1, -0.05) is 0 Å². The zero-order valence-corrected chi connectivity index (χ0v) is 12.0. The van der Waals surface area contributed by atoms with Crippen molar-refractivity contribution in [1.82, 2.24) is 15.1 Å². The second-order valence-corrected chi connectivity index (χ2v) is 5.36. The molecule has 1 saturated carbocycles. The minimum absolute atomic E-state index is 0.477. The van der Waals surface area contributed by atoms with Crippen LogP contribution in [0, 0.1) is 13.8 Å². The largest absolute Gasteiger partial charge is 0.381 e. The van der Waals surface area contributed by atoms with Crippen LogP contribution in [0.25, 0.3) is 0 Å². The Morgan fingerprint density at radius 2 is 1.94 bits per heavy atom. The van der Waals surface area contributed by atoms with Gasteiger partial charge in [-0.3, -0.25) is 4.68 Å². The molecule has 0 amide bonds. The van der Waals surface area contributed by atoms with Gasteiger partial charge in [0.25, 0.3) is 0 Å². The van der Waals surface area contributed by atoms with E-state index in [-0.39, 0.29) is 0 Å². The lowest BCUT2D eigenvalue weighted by Crippen LogP contribution is -2.34. The SMILES string of the molecule is COC1CCC(NCc2c(C)nn(C)c2C)CC1. The molecular weight excluding hydrogens is 226 g/mol. The van der Waals surface area contributed by atoms with E-state index in [9.17, 15) is 0 Å². The Kier molecular flexibility index (Phi) is 4.40. The van der Waals surface area contributed by atoms with Crippen molar-refractivity contribution in [2.45, 2.75) is 58.2 Å². The summed E-state index contributed by atoms with van der Waals surface area (Å²) < 4.78 is 7.37. The average molecular weight is 251 g/mol. The predicted octanol–water partition coefficient (Wildman–Crippen LogP) is 2.08. The molecule has 0 saturated heterocycles. The predicted molar refractivity (Wildman–Crippen MR) is 72.6 cm³/mol. The summed E-state index contributed by atoms with van der Waals surface area (Å²) in [6.07, 6.45) is 5.27. The molecular formula is C14H25N3O. The quantitative estimate of drug-likeness (QED) is 0.890. The number of hydrogen-bond acceptors (Lipinski definition) is 3. The van der Waals surface area contributed by atoms with Gasteiger partial charge in [0, 0.05) is 38.0 Å². The van der Waals surface area contributed by atoms with E-state index in [1.807, 2.05) is 18.8 Å². The number of aryl methyl sites for hydroxylation is 2. The number of aromatic nitrogens is 2. The highest BCUT2D eigenvalue weighted by molar-refractivity contribution is 5.24. The number of nitrogens with zero attached hydrogens (tertiary/aromatic N) is 2. The summed E-state index contributed by atoms with van der Waals surface area (Å²) in [5.74, 6) is 0. The van der Waals surface area contributed by atoms with Crippen LogP contribution in [0.4, 0.5) is 0 Å². The van der Waals surface area contributed by atoms with Crippen molar-refractivity contribution in [1.29, 1.82) is 0 Å². The molecule has 0 spiro atoms. The third kappa shape index (κ3) is 2.93. The van der Waals surface area contributed by atoms with E-state index in [1.165, 1.54) is 36.9 Å². The fourth-order valence-electron chi connectivity index (χ4n) is 2.82. The van der Waals surface area contributed by atoms with Crippen LogP contribution < -0.4 is 5.32 Å². The van der Waals surface area contributed by atoms with E-state index < -0.39 is 0 Å². The average Bonchev–Trinajstić information content (AvgIpc) is 2.62. The summed E-state index contributed by atoms with van der Waals surface area (Å²) in [6, 6.07) is 0.635. The summed E-state index contributed by atoms with van der Waals surface area (Å²) in [5.41, 5.74) is 3.77. The van der Waals surface area contributed by atoms with Gasteiger partial charge in [-0.15, -0.1) is 0 Å². The van der Waals surface area contributed by atoms with Crippen molar-refractivity contribution in [2.75, 3.05) is 7.11 Å². The Morgan fingerprint density at radius 1 is 1.28 bits per heavy atom. The van der Waals surface area contributed by atoms with Crippen molar-refractivity contribution in [2.24, 2.45) is 7.05 Å². The number of rotatable bonds is 4. The summed E-state index contributed by atoms with van der Waals surface area (Å²) in [5, 5.41) is 8.12.